The molecule has 1 N–H and O–H groups in total. The van der Waals surface area contributed by atoms with Crippen molar-refractivity contribution in [2.45, 2.75) is 6.92 Å². The van der Waals surface area contributed by atoms with Gasteiger partial charge < -0.3 is 4.98 Å². The molecular weight excluding hydrogens is 279 g/mol. The highest BCUT2D eigenvalue weighted by atomic mass is 127. The number of aryl methyl sites for hydroxylation is 1. The van der Waals surface area contributed by atoms with Gasteiger partial charge in [0.15, 0.2) is 0 Å². The van der Waals surface area contributed by atoms with E-state index >= 15 is 0 Å². The van der Waals surface area contributed by atoms with Crippen molar-refractivity contribution in [1.29, 1.82) is 0 Å². The molecule has 0 saturated heterocycles. The molecule has 2 rings (SSSR count). The van der Waals surface area contributed by atoms with E-state index in [9.17, 15) is 4.79 Å². The molecule has 0 atom stereocenters. The van der Waals surface area contributed by atoms with Crippen LogP contribution in [0.4, 0.5) is 0 Å². The topological polar surface area (TPSA) is 45.8 Å². The Morgan fingerprint density at radius 2 is 2.31 bits per heavy atom. The summed E-state index contributed by atoms with van der Waals surface area (Å²) < 4.78 is 0.712. The second-order valence-corrected chi connectivity index (χ2v) is 3.87. The average Bonchev–Trinajstić information content (AvgIpc) is 2.15. The fourth-order valence-corrected chi connectivity index (χ4v) is 1.61. The molecule has 0 aliphatic carbocycles. The Labute approximate surface area is 88.3 Å². The zero-order valence-electron chi connectivity index (χ0n) is 6.97. The minimum atomic E-state index is 0.00690. The average molecular weight is 286 g/mol. The highest BCUT2D eigenvalue weighted by Crippen LogP contribution is 2.09. The van der Waals surface area contributed by atoms with Crippen LogP contribution in [0.5, 0.6) is 0 Å². The predicted octanol–water partition coefficient (Wildman–Crippen LogP) is 1.84. The summed E-state index contributed by atoms with van der Waals surface area (Å²) in [5, 5.41) is 0. The van der Waals surface area contributed by atoms with Crippen LogP contribution in [0.1, 0.15) is 5.69 Å². The molecule has 66 valence electrons. The molecule has 2 aromatic heterocycles. The Morgan fingerprint density at radius 3 is 3.08 bits per heavy atom. The molecule has 0 aliphatic heterocycles. The lowest BCUT2D eigenvalue weighted by Crippen LogP contribution is -2.10. The Morgan fingerprint density at radius 1 is 1.54 bits per heavy atom. The van der Waals surface area contributed by atoms with Gasteiger partial charge in [0.25, 0.3) is 0 Å². The SMILES string of the molecule is Cc1[nH]c2cccnc2c(=O)c1I. The van der Waals surface area contributed by atoms with Gasteiger partial charge in [0.1, 0.15) is 5.52 Å². The van der Waals surface area contributed by atoms with Gasteiger partial charge in [-0.3, -0.25) is 9.78 Å². The third kappa shape index (κ3) is 1.35. The zero-order valence-corrected chi connectivity index (χ0v) is 9.12. The lowest BCUT2D eigenvalue weighted by Gasteiger charge is -2.00. The highest BCUT2D eigenvalue weighted by molar-refractivity contribution is 14.1. The molecule has 2 heterocycles. The van der Waals surface area contributed by atoms with Crippen molar-refractivity contribution in [3.05, 3.63) is 37.8 Å². The number of nitrogens with zero attached hydrogens (tertiary/aromatic N) is 1. The van der Waals surface area contributed by atoms with Gasteiger partial charge in [-0.05, 0) is 41.6 Å². The van der Waals surface area contributed by atoms with Crippen LogP contribution in [0.25, 0.3) is 11.0 Å². The van der Waals surface area contributed by atoms with Crippen LogP contribution in [0.3, 0.4) is 0 Å². The first-order chi connectivity index (χ1) is 6.20. The standard InChI is InChI=1S/C9H7IN2O/c1-5-7(10)9(13)8-6(12-5)3-2-4-11-8/h2-4H,1H3,(H,12,13). The second-order valence-electron chi connectivity index (χ2n) is 2.79. The summed E-state index contributed by atoms with van der Waals surface area (Å²) in [7, 11) is 0. The molecule has 4 heteroatoms. The summed E-state index contributed by atoms with van der Waals surface area (Å²) in [6, 6.07) is 3.66. The minimum absolute atomic E-state index is 0.00690. The van der Waals surface area contributed by atoms with Crippen molar-refractivity contribution < 1.29 is 0 Å². The number of H-pyrrole nitrogens is 1. The number of pyridine rings is 2. The fraction of sp³-hybridized carbons (Fsp3) is 0.111. The van der Waals surface area contributed by atoms with Crippen LogP contribution in [0, 0.1) is 10.5 Å². The summed E-state index contributed by atoms with van der Waals surface area (Å²) in [5.74, 6) is 0. The van der Waals surface area contributed by atoms with Crippen LogP contribution < -0.4 is 5.43 Å². The molecule has 0 radical (unpaired) electrons. The molecule has 2 aromatic rings. The van der Waals surface area contributed by atoms with Crippen LogP contribution in [-0.2, 0) is 0 Å². The Hall–Kier alpha value is -0.910. The van der Waals surface area contributed by atoms with E-state index < -0.39 is 0 Å². The highest BCUT2D eigenvalue weighted by Gasteiger charge is 2.05. The number of hydrogen-bond donors (Lipinski definition) is 1. The Balaban J connectivity index is 3.03. The number of nitrogens with one attached hydrogen (secondary N) is 1. The molecule has 3 nitrogen and oxygen atoms in total. The minimum Gasteiger partial charge on any atom is -0.356 e. The van der Waals surface area contributed by atoms with Crippen molar-refractivity contribution in [2.75, 3.05) is 0 Å². The van der Waals surface area contributed by atoms with Crippen LogP contribution in [0.2, 0.25) is 0 Å². The van der Waals surface area contributed by atoms with Crippen LogP contribution >= 0.6 is 22.6 Å². The molecule has 0 aliphatic rings. The summed E-state index contributed by atoms with van der Waals surface area (Å²) >= 11 is 2.03. The van der Waals surface area contributed by atoms with Gasteiger partial charge in [-0.1, -0.05) is 0 Å². The quantitative estimate of drug-likeness (QED) is 0.751. The van der Waals surface area contributed by atoms with Gasteiger partial charge >= 0.3 is 0 Å². The van der Waals surface area contributed by atoms with Crippen molar-refractivity contribution in [1.82, 2.24) is 9.97 Å². The van der Waals surface area contributed by atoms with E-state index in [0.717, 1.165) is 11.2 Å². The van der Waals surface area contributed by atoms with Crippen LogP contribution in [0.15, 0.2) is 23.1 Å². The van der Waals surface area contributed by atoms with Gasteiger partial charge in [-0.25, -0.2) is 0 Å². The summed E-state index contributed by atoms with van der Waals surface area (Å²) in [6.45, 7) is 1.88. The molecule has 0 saturated carbocycles. The third-order valence-electron chi connectivity index (χ3n) is 1.87. The van der Waals surface area contributed by atoms with E-state index in [-0.39, 0.29) is 5.43 Å². The third-order valence-corrected chi connectivity index (χ3v) is 3.17. The number of rotatable bonds is 0. The van der Waals surface area contributed by atoms with E-state index in [0.29, 0.717) is 9.09 Å². The molecule has 0 amide bonds. The Bertz CT molecular complexity index is 518. The number of halogens is 1. The van der Waals surface area contributed by atoms with Gasteiger partial charge in [0.2, 0.25) is 5.43 Å². The van der Waals surface area contributed by atoms with Gasteiger partial charge in [0.05, 0.1) is 9.09 Å². The fourth-order valence-electron chi connectivity index (χ4n) is 1.22. The van der Waals surface area contributed by atoms with E-state index in [4.69, 9.17) is 0 Å². The van der Waals surface area contributed by atoms with Crippen LogP contribution in [-0.4, -0.2) is 9.97 Å². The predicted molar refractivity (Wildman–Crippen MR) is 59.8 cm³/mol. The maximum atomic E-state index is 11.7. The molecule has 0 aromatic carbocycles. The molecule has 0 fully saturated rings. The van der Waals surface area contributed by atoms with Crippen molar-refractivity contribution in [3.63, 3.8) is 0 Å². The lowest BCUT2D eigenvalue weighted by atomic mass is 10.3. The normalized spacial score (nSPS) is 10.6. The molecule has 0 bridgehead atoms. The maximum absolute atomic E-state index is 11.7. The number of fused-ring (bicyclic) bond motifs is 1. The van der Waals surface area contributed by atoms with E-state index in [1.54, 1.807) is 6.20 Å². The first-order valence-corrected chi connectivity index (χ1v) is 4.91. The smallest absolute Gasteiger partial charge is 0.221 e. The first kappa shape index (κ1) is 8.68. The zero-order chi connectivity index (χ0) is 9.42. The maximum Gasteiger partial charge on any atom is 0.221 e. The largest absolute Gasteiger partial charge is 0.356 e. The molecule has 13 heavy (non-hydrogen) atoms. The second kappa shape index (κ2) is 3.10. The Kier molecular flexibility index (Phi) is 2.07. The molecular formula is C9H7IN2O. The van der Waals surface area contributed by atoms with Crippen molar-refractivity contribution >= 4 is 33.6 Å². The van der Waals surface area contributed by atoms with Crippen molar-refractivity contribution in [2.24, 2.45) is 0 Å². The van der Waals surface area contributed by atoms with Crippen molar-refractivity contribution in [3.8, 4) is 0 Å². The number of hydrogen-bond acceptors (Lipinski definition) is 2. The first-order valence-electron chi connectivity index (χ1n) is 3.83. The van der Waals surface area contributed by atoms with Gasteiger partial charge in [-0.2, -0.15) is 0 Å². The number of aromatic amines is 1. The number of aromatic nitrogens is 2. The van der Waals surface area contributed by atoms with Gasteiger partial charge in [-0.15, -0.1) is 0 Å². The lowest BCUT2D eigenvalue weighted by molar-refractivity contribution is 1.19. The molecule has 0 unspecified atom stereocenters. The monoisotopic (exact) mass is 286 g/mol. The summed E-state index contributed by atoms with van der Waals surface area (Å²) in [5.41, 5.74) is 2.21. The molecule has 0 spiro atoms. The van der Waals surface area contributed by atoms with E-state index in [1.165, 1.54) is 0 Å². The summed E-state index contributed by atoms with van der Waals surface area (Å²) in [6.07, 6.45) is 1.63. The van der Waals surface area contributed by atoms with E-state index in [2.05, 4.69) is 9.97 Å². The van der Waals surface area contributed by atoms with E-state index in [1.807, 2.05) is 41.6 Å². The van der Waals surface area contributed by atoms with Gasteiger partial charge in [0, 0.05) is 11.9 Å². The summed E-state index contributed by atoms with van der Waals surface area (Å²) in [4.78, 5) is 18.8.